The number of hydrogen-bond donors (Lipinski definition) is 0. The maximum absolute atomic E-state index is 12.2. The molecule has 0 unspecified atom stereocenters. The molecule has 170 valence electrons. The van der Waals surface area contributed by atoms with Crippen LogP contribution in [0.5, 0.6) is 0 Å². The summed E-state index contributed by atoms with van der Waals surface area (Å²) < 4.78 is 12.7. The molecule has 0 bridgehead atoms. The summed E-state index contributed by atoms with van der Waals surface area (Å²) in [5.41, 5.74) is 6.10. The van der Waals surface area contributed by atoms with Crippen LogP contribution in [-0.2, 0) is 33.8 Å². The lowest BCUT2D eigenvalue weighted by Gasteiger charge is -2.27. The van der Waals surface area contributed by atoms with E-state index in [0.29, 0.717) is 26.0 Å². The van der Waals surface area contributed by atoms with Gasteiger partial charge in [-0.15, -0.1) is 0 Å². The second kappa shape index (κ2) is 10.2. The molecule has 32 heavy (non-hydrogen) atoms. The lowest BCUT2D eigenvalue weighted by Crippen LogP contribution is -2.36. The number of pyridine rings is 2. The molecule has 0 radical (unpaired) electrons. The molecule has 0 aromatic carbocycles. The van der Waals surface area contributed by atoms with E-state index in [9.17, 15) is 4.79 Å². The molecule has 1 saturated heterocycles. The van der Waals surface area contributed by atoms with Crippen molar-refractivity contribution < 1.29 is 14.3 Å². The van der Waals surface area contributed by atoms with Crippen molar-refractivity contribution in [3.63, 3.8) is 0 Å². The van der Waals surface area contributed by atoms with E-state index in [0.717, 1.165) is 71.8 Å². The zero-order chi connectivity index (χ0) is 22.5. The number of carbonyl (C=O) groups excluding carboxylic acids is 1. The first kappa shape index (κ1) is 22.4. The summed E-state index contributed by atoms with van der Waals surface area (Å²) >= 11 is 0. The summed E-state index contributed by atoms with van der Waals surface area (Å²) in [6.07, 6.45) is 6.49. The molecule has 0 saturated carbocycles. The number of ether oxygens (including phenoxy) is 2. The number of nitrogens with zero attached hydrogens (tertiary/aromatic N) is 5. The van der Waals surface area contributed by atoms with Crippen molar-refractivity contribution >= 4 is 17.0 Å². The molecule has 1 aliphatic heterocycles. The standard InChI is InChI=1S/C24H31N5O3/c1-4-29-24-20(15-26-29)23(18-12-17(3)13-25-14-18)19(6-7-22(30)32-5-2)21(27-24)16-28-8-10-31-11-9-28/h12-15H,4-11,16H2,1-3H3. The number of rotatable bonds is 8. The Morgan fingerprint density at radius 1 is 1.19 bits per heavy atom. The van der Waals surface area contributed by atoms with E-state index in [1.807, 2.05) is 37.1 Å². The van der Waals surface area contributed by atoms with Crippen molar-refractivity contribution in [3.05, 3.63) is 41.5 Å². The Kier molecular flexibility index (Phi) is 7.12. The smallest absolute Gasteiger partial charge is 0.306 e. The number of fused-ring (bicyclic) bond motifs is 1. The lowest BCUT2D eigenvalue weighted by molar-refractivity contribution is -0.143. The lowest BCUT2D eigenvalue weighted by atomic mass is 9.93. The third-order valence-electron chi connectivity index (χ3n) is 5.80. The molecule has 0 atom stereocenters. The number of aromatic nitrogens is 4. The molecule has 1 fully saturated rings. The average Bonchev–Trinajstić information content (AvgIpc) is 3.20. The molecule has 0 aliphatic carbocycles. The molecule has 8 nitrogen and oxygen atoms in total. The van der Waals surface area contributed by atoms with Gasteiger partial charge in [0, 0.05) is 61.5 Å². The maximum Gasteiger partial charge on any atom is 0.306 e. The third kappa shape index (κ3) is 4.81. The van der Waals surface area contributed by atoms with Crippen LogP contribution in [0.3, 0.4) is 0 Å². The Morgan fingerprint density at radius 3 is 2.72 bits per heavy atom. The molecular weight excluding hydrogens is 406 g/mol. The first-order valence-electron chi connectivity index (χ1n) is 11.4. The van der Waals surface area contributed by atoms with Crippen molar-refractivity contribution in [1.82, 2.24) is 24.6 Å². The van der Waals surface area contributed by atoms with Crippen molar-refractivity contribution in [2.24, 2.45) is 0 Å². The van der Waals surface area contributed by atoms with Crippen molar-refractivity contribution in [3.8, 4) is 11.1 Å². The number of esters is 1. The third-order valence-corrected chi connectivity index (χ3v) is 5.80. The number of carbonyl (C=O) groups is 1. The van der Waals surface area contributed by atoms with Gasteiger partial charge in [0.2, 0.25) is 0 Å². The highest BCUT2D eigenvalue weighted by atomic mass is 16.5. The van der Waals surface area contributed by atoms with Gasteiger partial charge < -0.3 is 9.47 Å². The molecule has 3 aromatic heterocycles. The maximum atomic E-state index is 12.2. The van der Waals surface area contributed by atoms with Crippen LogP contribution >= 0.6 is 0 Å². The predicted octanol–water partition coefficient (Wildman–Crippen LogP) is 3.15. The minimum Gasteiger partial charge on any atom is -0.466 e. The van der Waals surface area contributed by atoms with E-state index in [2.05, 4.69) is 28.0 Å². The number of morpholine rings is 1. The van der Waals surface area contributed by atoms with Crippen LogP contribution in [0.2, 0.25) is 0 Å². The Labute approximate surface area is 188 Å². The Hall–Kier alpha value is -2.84. The molecule has 1 aliphatic rings. The fourth-order valence-corrected chi connectivity index (χ4v) is 4.26. The second-order valence-electron chi connectivity index (χ2n) is 8.05. The van der Waals surface area contributed by atoms with Crippen LogP contribution in [0, 0.1) is 6.92 Å². The van der Waals surface area contributed by atoms with Gasteiger partial charge in [-0.05, 0) is 44.4 Å². The van der Waals surface area contributed by atoms with Gasteiger partial charge in [0.25, 0.3) is 0 Å². The van der Waals surface area contributed by atoms with Crippen LogP contribution in [0.15, 0.2) is 24.7 Å². The highest BCUT2D eigenvalue weighted by molar-refractivity contribution is 5.95. The number of hydrogen-bond acceptors (Lipinski definition) is 7. The van der Waals surface area contributed by atoms with Gasteiger partial charge in [-0.2, -0.15) is 5.10 Å². The quantitative estimate of drug-likeness (QED) is 0.501. The van der Waals surface area contributed by atoms with Gasteiger partial charge in [0.15, 0.2) is 5.65 Å². The van der Waals surface area contributed by atoms with E-state index < -0.39 is 0 Å². The summed E-state index contributed by atoms with van der Waals surface area (Å²) in [6, 6.07) is 2.14. The molecule has 0 amide bonds. The van der Waals surface area contributed by atoms with Gasteiger partial charge in [-0.25, -0.2) is 9.67 Å². The van der Waals surface area contributed by atoms with Gasteiger partial charge in [-0.3, -0.25) is 14.7 Å². The minimum atomic E-state index is -0.192. The SMILES string of the molecule is CCOC(=O)CCc1c(CN2CCOCC2)nc2c(cnn2CC)c1-c1cncc(C)c1. The van der Waals surface area contributed by atoms with Crippen LogP contribution in [-0.4, -0.2) is 63.5 Å². The molecule has 0 N–H and O–H groups in total. The normalized spacial score (nSPS) is 14.7. The Balaban J connectivity index is 1.87. The van der Waals surface area contributed by atoms with Crippen molar-refractivity contribution in [2.45, 2.75) is 46.7 Å². The molecule has 3 aromatic rings. The van der Waals surface area contributed by atoms with E-state index >= 15 is 0 Å². The summed E-state index contributed by atoms with van der Waals surface area (Å²) in [7, 11) is 0. The summed E-state index contributed by atoms with van der Waals surface area (Å²) in [5, 5.41) is 5.57. The summed E-state index contributed by atoms with van der Waals surface area (Å²) in [4.78, 5) is 24.1. The highest BCUT2D eigenvalue weighted by Gasteiger charge is 2.23. The fourth-order valence-electron chi connectivity index (χ4n) is 4.26. The molecule has 0 spiro atoms. The predicted molar refractivity (Wildman–Crippen MR) is 122 cm³/mol. The van der Waals surface area contributed by atoms with Gasteiger partial charge in [0.1, 0.15) is 0 Å². The topological polar surface area (TPSA) is 82.4 Å². The van der Waals surface area contributed by atoms with Crippen molar-refractivity contribution in [1.29, 1.82) is 0 Å². The largest absolute Gasteiger partial charge is 0.466 e. The fraction of sp³-hybridized carbons (Fsp3) is 0.500. The second-order valence-corrected chi connectivity index (χ2v) is 8.05. The average molecular weight is 438 g/mol. The van der Waals surface area contributed by atoms with E-state index in [1.165, 1.54) is 0 Å². The zero-order valence-electron chi connectivity index (χ0n) is 19.1. The Bertz CT molecular complexity index is 1090. The van der Waals surface area contributed by atoms with E-state index in [1.54, 1.807) is 0 Å². The van der Waals surface area contributed by atoms with Gasteiger partial charge >= 0.3 is 5.97 Å². The molecule has 4 rings (SSSR count). The Morgan fingerprint density at radius 2 is 2.00 bits per heavy atom. The van der Waals surface area contributed by atoms with Crippen molar-refractivity contribution in [2.75, 3.05) is 32.9 Å². The van der Waals surface area contributed by atoms with Crippen LogP contribution < -0.4 is 0 Å². The highest BCUT2D eigenvalue weighted by Crippen LogP contribution is 2.34. The van der Waals surface area contributed by atoms with E-state index in [-0.39, 0.29) is 5.97 Å². The van der Waals surface area contributed by atoms with Crippen LogP contribution in [0.25, 0.3) is 22.2 Å². The molecule has 4 heterocycles. The minimum absolute atomic E-state index is 0.192. The first-order chi connectivity index (χ1) is 15.6. The molecular formula is C24H31N5O3. The molecule has 8 heteroatoms. The van der Waals surface area contributed by atoms with Gasteiger partial charge in [0.05, 0.1) is 31.7 Å². The van der Waals surface area contributed by atoms with E-state index in [4.69, 9.17) is 14.5 Å². The summed E-state index contributed by atoms with van der Waals surface area (Å²) in [6.45, 7) is 10.9. The van der Waals surface area contributed by atoms with Gasteiger partial charge in [-0.1, -0.05) is 0 Å². The number of aryl methyl sites for hydroxylation is 2. The van der Waals surface area contributed by atoms with Crippen LogP contribution in [0.1, 0.15) is 37.1 Å². The monoisotopic (exact) mass is 437 g/mol. The zero-order valence-corrected chi connectivity index (χ0v) is 19.1. The first-order valence-corrected chi connectivity index (χ1v) is 11.4. The summed E-state index contributed by atoms with van der Waals surface area (Å²) in [5.74, 6) is -0.192. The van der Waals surface area contributed by atoms with Crippen LogP contribution in [0.4, 0.5) is 0 Å².